The molecule has 2 unspecified atom stereocenters. The van der Waals surface area contributed by atoms with E-state index in [2.05, 4.69) is 56.4 Å². The van der Waals surface area contributed by atoms with Crippen LogP contribution in [0.15, 0.2) is 70.4 Å². The van der Waals surface area contributed by atoms with Gasteiger partial charge in [-0.3, -0.25) is 4.79 Å². The predicted molar refractivity (Wildman–Crippen MR) is 150 cm³/mol. The van der Waals surface area contributed by atoms with Gasteiger partial charge < -0.3 is 10.5 Å². The van der Waals surface area contributed by atoms with Crippen molar-refractivity contribution >= 4 is 5.97 Å². The van der Waals surface area contributed by atoms with Gasteiger partial charge in [-0.05, 0) is 69.1 Å². The summed E-state index contributed by atoms with van der Waals surface area (Å²) in [5.41, 5.74) is 13.5. The lowest BCUT2D eigenvalue weighted by Crippen LogP contribution is -2.31. The second-order valence-corrected chi connectivity index (χ2v) is 11.9. The Morgan fingerprint density at radius 3 is 2.25 bits per heavy atom. The van der Waals surface area contributed by atoms with Gasteiger partial charge in [0.15, 0.2) is 0 Å². The minimum Gasteiger partial charge on any atom is -0.466 e. The summed E-state index contributed by atoms with van der Waals surface area (Å²) in [6.07, 6.45) is 31.7. The van der Waals surface area contributed by atoms with Crippen LogP contribution in [0.1, 0.15) is 104 Å². The van der Waals surface area contributed by atoms with E-state index in [9.17, 15) is 4.79 Å². The van der Waals surface area contributed by atoms with Gasteiger partial charge in [0, 0.05) is 23.8 Å². The van der Waals surface area contributed by atoms with Crippen LogP contribution in [0.4, 0.5) is 0 Å². The average molecular weight is 490 g/mol. The summed E-state index contributed by atoms with van der Waals surface area (Å²) in [4.78, 5) is 12.3. The van der Waals surface area contributed by atoms with E-state index in [1.807, 2.05) is 0 Å². The Morgan fingerprint density at radius 1 is 0.889 bits per heavy atom. The highest BCUT2D eigenvalue weighted by atomic mass is 16.5. The van der Waals surface area contributed by atoms with Crippen LogP contribution in [-0.4, -0.2) is 18.1 Å². The summed E-state index contributed by atoms with van der Waals surface area (Å²) in [5.74, 6) is 1.01. The first kappa shape index (κ1) is 26.9. The molecule has 36 heavy (non-hydrogen) atoms. The quantitative estimate of drug-likeness (QED) is 0.186. The Bertz CT molecular complexity index is 966. The van der Waals surface area contributed by atoms with Crippen molar-refractivity contribution in [3.8, 4) is 0 Å². The van der Waals surface area contributed by atoms with Gasteiger partial charge in [0.25, 0.3) is 0 Å². The van der Waals surface area contributed by atoms with Gasteiger partial charge in [-0.25, -0.2) is 0 Å². The van der Waals surface area contributed by atoms with Crippen LogP contribution in [0, 0.1) is 11.8 Å². The summed E-state index contributed by atoms with van der Waals surface area (Å²) in [5, 5.41) is 0. The molecule has 1 fully saturated rings. The zero-order valence-electron chi connectivity index (χ0n) is 22.7. The maximum Gasteiger partial charge on any atom is 0.305 e. The third-order valence-electron chi connectivity index (χ3n) is 8.23. The standard InChI is InChI=1S/C33H47NO2/c1-33(2,34)22-9-7-5-3-4-6-8-10-23-36-30(35)19-13-16-27-24-28-17-11-14-25-20-21-26-15-12-18-29(27)32(26)31(25)28/h11-12,14-15,17-18,24,31-32H,3-10,13,16,19-23,34H2,1-2H3. The van der Waals surface area contributed by atoms with Crippen molar-refractivity contribution < 1.29 is 9.53 Å². The second-order valence-electron chi connectivity index (χ2n) is 11.9. The molecule has 0 bridgehead atoms. The molecule has 0 saturated heterocycles. The van der Waals surface area contributed by atoms with Crippen molar-refractivity contribution in [3.63, 3.8) is 0 Å². The third-order valence-corrected chi connectivity index (χ3v) is 8.23. The first-order valence-corrected chi connectivity index (χ1v) is 14.6. The summed E-state index contributed by atoms with van der Waals surface area (Å²) in [7, 11) is 0. The number of hydrogen-bond donors (Lipinski definition) is 1. The monoisotopic (exact) mass is 489 g/mol. The van der Waals surface area contributed by atoms with E-state index >= 15 is 0 Å². The number of ether oxygens (including phenoxy) is 1. The van der Waals surface area contributed by atoms with Crippen molar-refractivity contribution in [1.82, 2.24) is 0 Å². The second kappa shape index (κ2) is 12.9. The summed E-state index contributed by atoms with van der Waals surface area (Å²) < 4.78 is 5.53. The van der Waals surface area contributed by atoms with Gasteiger partial charge in [0.1, 0.15) is 0 Å². The normalized spacial score (nSPS) is 22.1. The summed E-state index contributed by atoms with van der Waals surface area (Å²) >= 11 is 0. The van der Waals surface area contributed by atoms with Crippen LogP contribution in [-0.2, 0) is 9.53 Å². The number of hydrogen-bond acceptors (Lipinski definition) is 3. The fourth-order valence-electron chi connectivity index (χ4n) is 6.32. The van der Waals surface area contributed by atoms with E-state index < -0.39 is 0 Å². The lowest BCUT2D eigenvalue weighted by atomic mass is 9.60. The molecule has 0 spiro atoms. The van der Waals surface area contributed by atoms with E-state index in [1.54, 1.807) is 11.1 Å². The van der Waals surface area contributed by atoms with Crippen molar-refractivity contribution in [2.75, 3.05) is 6.61 Å². The van der Waals surface area contributed by atoms with E-state index in [4.69, 9.17) is 10.5 Å². The molecule has 2 N–H and O–H groups in total. The SMILES string of the molecule is CC(C)(N)CCCCCCCCCCOC(=O)CCCC1=C2C=CC=C3CCC4=CC=CC(=C1)C4C32. The summed E-state index contributed by atoms with van der Waals surface area (Å²) in [6, 6.07) is 0. The number of nitrogens with two attached hydrogens (primary N) is 1. The van der Waals surface area contributed by atoms with Gasteiger partial charge in [0.05, 0.1) is 6.61 Å². The van der Waals surface area contributed by atoms with Gasteiger partial charge >= 0.3 is 5.97 Å². The molecule has 3 nitrogen and oxygen atoms in total. The Hall–Kier alpha value is -2.13. The van der Waals surface area contributed by atoms with Gasteiger partial charge in [-0.2, -0.15) is 0 Å². The molecular formula is C33H47NO2. The Labute approximate surface area is 219 Å². The largest absolute Gasteiger partial charge is 0.466 e. The molecule has 4 aliphatic rings. The molecule has 2 atom stereocenters. The zero-order valence-corrected chi connectivity index (χ0v) is 22.7. The fourth-order valence-corrected chi connectivity index (χ4v) is 6.32. The Kier molecular flexibility index (Phi) is 9.65. The Morgan fingerprint density at radius 2 is 1.53 bits per heavy atom. The van der Waals surface area contributed by atoms with Crippen molar-refractivity contribution in [3.05, 3.63) is 70.4 Å². The molecule has 1 saturated carbocycles. The molecule has 0 heterocycles. The smallest absolute Gasteiger partial charge is 0.305 e. The number of esters is 1. The van der Waals surface area contributed by atoms with Crippen LogP contribution in [0.5, 0.6) is 0 Å². The third kappa shape index (κ3) is 7.44. The van der Waals surface area contributed by atoms with Gasteiger partial charge in [-0.1, -0.05) is 98.6 Å². The van der Waals surface area contributed by atoms with Gasteiger partial charge in [-0.15, -0.1) is 0 Å². The Balaban J connectivity index is 1.09. The fraction of sp³-hybridized carbons (Fsp3) is 0.606. The lowest BCUT2D eigenvalue weighted by molar-refractivity contribution is -0.143. The molecule has 4 rings (SSSR count). The maximum atomic E-state index is 12.3. The number of unbranched alkanes of at least 4 members (excludes halogenated alkanes) is 7. The summed E-state index contributed by atoms with van der Waals surface area (Å²) in [6.45, 7) is 4.79. The zero-order chi connectivity index (χ0) is 25.4. The minimum atomic E-state index is -0.0370. The molecular weight excluding hydrogens is 442 g/mol. The highest BCUT2D eigenvalue weighted by Crippen LogP contribution is 2.52. The van der Waals surface area contributed by atoms with Crippen LogP contribution < -0.4 is 5.73 Å². The molecule has 0 aromatic carbocycles. The van der Waals surface area contributed by atoms with Gasteiger partial charge in [0.2, 0.25) is 0 Å². The minimum absolute atomic E-state index is 0.0233. The highest BCUT2D eigenvalue weighted by molar-refractivity contribution is 5.69. The molecule has 0 aromatic heterocycles. The maximum absolute atomic E-state index is 12.3. The first-order valence-electron chi connectivity index (χ1n) is 14.6. The molecule has 4 aliphatic carbocycles. The average Bonchev–Trinajstić information content (AvgIpc) is 2.85. The lowest BCUT2D eigenvalue weighted by Gasteiger charge is -2.43. The number of rotatable bonds is 15. The van der Waals surface area contributed by atoms with Crippen LogP contribution in [0.25, 0.3) is 0 Å². The molecule has 196 valence electrons. The van der Waals surface area contributed by atoms with E-state index in [0.29, 0.717) is 24.9 Å². The van der Waals surface area contributed by atoms with E-state index in [0.717, 1.165) is 32.1 Å². The molecule has 0 amide bonds. The molecule has 0 aliphatic heterocycles. The molecule has 0 radical (unpaired) electrons. The van der Waals surface area contributed by atoms with Crippen LogP contribution in [0.2, 0.25) is 0 Å². The first-order chi connectivity index (χ1) is 17.4. The predicted octanol–water partition coefficient (Wildman–Crippen LogP) is 8.20. The molecule has 3 heteroatoms. The van der Waals surface area contributed by atoms with Crippen LogP contribution >= 0.6 is 0 Å². The number of allylic oxidation sites excluding steroid dienone is 12. The number of carbonyl (C=O) groups excluding carboxylic acids is 1. The highest BCUT2D eigenvalue weighted by Gasteiger charge is 2.40. The molecule has 0 aromatic rings. The topological polar surface area (TPSA) is 52.3 Å². The van der Waals surface area contributed by atoms with Crippen LogP contribution in [0.3, 0.4) is 0 Å². The van der Waals surface area contributed by atoms with E-state index in [-0.39, 0.29) is 11.5 Å². The van der Waals surface area contributed by atoms with Crippen molar-refractivity contribution in [1.29, 1.82) is 0 Å². The van der Waals surface area contributed by atoms with Crippen molar-refractivity contribution in [2.24, 2.45) is 17.6 Å². The number of carbonyl (C=O) groups is 1. The van der Waals surface area contributed by atoms with Crippen molar-refractivity contribution in [2.45, 2.75) is 109 Å². The van der Waals surface area contributed by atoms with E-state index in [1.165, 1.54) is 68.1 Å².